The van der Waals surface area contributed by atoms with Gasteiger partial charge in [-0.1, -0.05) is 29.3 Å². The summed E-state index contributed by atoms with van der Waals surface area (Å²) in [5.74, 6) is 0. The Morgan fingerprint density at radius 1 is 1.21 bits per heavy atom. The van der Waals surface area contributed by atoms with Gasteiger partial charge in [-0.05, 0) is 57.4 Å². The van der Waals surface area contributed by atoms with Gasteiger partial charge in [-0.25, -0.2) is 0 Å². The monoisotopic (exact) mass is 301 g/mol. The van der Waals surface area contributed by atoms with Gasteiger partial charge < -0.3 is 10.1 Å². The molecule has 1 aliphatic heterocycles. The molecule has 19 heavy (non-hydrogen) atoms. The summed E-state index contributed by atoms with van der Waals surface area (Å²) in [7, 11) is 0. The van der Waals surface area contributed by atoms with E-state index in [1.54, 1.807) is 6.07 Å². The third-order valence-corrected chi connectivity index (χ3v) is 4.13. The first-order chi connectivity index (χ1) is 9.04. The van der Waals surface area contributed by atoms with E-state index in [2.05, 4.69) is 19.2 Å². The minimum Gasteiger partial charge on any atom is -0.375 e. The molecule has 2 nitrogen and oxygen atoms in total. The zero-order valence-corrected chi connectivity index (χ0v) is 13.0. The Morgan fingerprint density at radius 3 is 2.53 bits per heavy atom. The van der Waals surface area contributed by atoms with Crippen LogP contribution in [-0.4, -0.2) is 24.8 Å². The van der Waals surface area contributed by atoms with Crippen LogP contribution >= 0.6 is 23.2 Å². The minimum absolute atomic E-state index is 0.348. The van der Waals surface area contributed by atoms with Crippen LogP contribution in [-0.2, 0) is 11.2 Å². The highest BCUT2D eigenvalue weighted by atomic mass is 35.5. The maximum atomic E-state index is 6.17. The fourth-order valence-corrected chi connectivity index (χ4v) is 3.21. The predicted molar refractivity (Wildman–Crippen MR) is 81.2 cm³/mol. The van der Waals surface area contributed by atoms with Gasteiger partial charge in [0.2, 0.25) is 0 Å². The largest absolute Gasteiger partial charge is 0.375 e. The van der Waals surface area contributed by atoms with Gasteiger partial charge in [-0.2, -0.15) is 0 Å². The lowest BCUT2D eigenvalue weighted by Crippen LogP contribution is -2.41. The summed E-state index contributed by atoms with van der Waals surface area (Å²) >= 11 is 12.1. The van der Waals surface area contributed by atoms with E-state index < -0.39 is 0 Å². The third-order valence-electron chi connectivity index (χ3n) is 3.54. The van der Waals surface area contributed by atoms with E-state index in [0.717, 1.165) is 36.4 Å². The lowest BCUT2D eigenvalue weighted by atomic mass is 9.99. The highest BCUT2D eigenvalue weighted by Crippen LogP contribution is 2.22. The second-order valence-corrected chi connectivity index (χ2v) is 6.21. The van der Waals surface area contributed by atoms with E-state index in [1.807, 2.05) is 12.1 Å². The summed E-state index contributed by atoms with van der Waals surface area (Å²) in [6.07, 6.45) is 3.79. The SMILES string of the molecule is CC1CC(NCCc2ccc(Cl)cc2Cl)CC(C)O1. The van der Waals surface area contributed by atoms with Crippen molar-refractivity contribution in [2.75, 3.05) is 6.54 Å². The molecule has 1 aliphatic rings. The number of halogens is 2. The Bertz CT molecular complexity index is 415. The molecule has 2 unspecified atom stereocenters. The Hall–Kier alpha value is -0.280. The van der Waals surface area contributed by atoms with E-state index in [-0.39, 0.29) is 0 Å². The summed E-state index contributed by atoms with van der Waals surface area (Å²) < 4.78 is 5.74. The molecule has 1 N–H and O–H groups in total. The van der Waals surface area contributed by atoms with Crippen molar-refractivity contribution in [2.24, 2.45) is 0 Å². The average molecular weight is 302 g/mol. The molecule has 2 atom stereocenters. The van der Waals surface area contributed by atoms with E-state index in [4.69, 9.17) is 27.9 Å². The fourth-order valence-electron chi connectivity index (χ4n) is 2.71. The van der Waals surface area contributed by atoms with Crippen molar-refractivity contribution in [3.63, 3.8) is 0 Å². The summed E-state index contributed by atoms with van der Waals surface area (Å²) in [5, 5.41) is 5.04. The lowest BCUT2D eigenvalue weighted by Gasteiger charge is -2.32. The zero-order chi connectivity index (χ0) is 13.8. The molecule has 0 amide bonds. The Balaban J connectivity index is 1.80. The van der Waals surface area contributed by atoms with Gasteiger partial charge in [0.05, 0.1) is 12.2 Å². The number of nitrogens with one attached hydrogen (secondary N) is 1. The van der Waals surface area contributed by atoms with Crippen molar-refractivity contribution >= 4 is 23.2 Å². The molecule has 106 valence electrons. The summed E-state index contributed by atoms with van der Waals surface area (Å²) in [5.41, 5.74) is 1.15. The fraction of sp³-hybridized carbons (Fsp3) is 0.600. The van der Waals surface area contributed by atoms with E-state index in [0.29, 0.717) is 23.3 Å². The van der Waals surface area contributed by atoms with Gasteiger partial charge in [-0.3, -0.25) is 0 Å². The maximum Gasteiger partial charge on any atom is 0.0565 e. The minimum atomic E-state index is 0.348. The second kappa shape index (κ2) is 6.94. The number of ether oxygens (including phenoxy) is 1. The topological polar surface area (TPSA) is 21.3 Å². The molecule has 0 aromatic heterocycles. The van der Waals surface area contributed by atoms with Crippen LogP contribution in [0.3, 0.4) is 0 Å². The van der Waals surface area contributed by atoms with Gasteiger partial charge in [0.25, 0.3) is 0 Å². The molecule has 4 heteroatoms. The normalized spacial score (nSPS) is 27.5. The Kier molecular flexibility index (Phi) is 5.52. The van der Waals surface area contributed by atoms with E-state index in [1.165, 1.54) is 0 Å². The van der Waals surface area contributed by atoms with Crippen LogP contribution in [0.4, 0.5) is 0 Å². The zero-order valence-electron chi connectivity index (χ0n) is 11.5. The predicted octanol–water partition coefficient (Wildman–Crippen LogP) is 4.08. The number of hydrogen-bond acceptors (Lipinski definition) is 2. The molecule has 0 spiro atoms. The van der Waals surface area contributed by atoms with Gasteiger partial charge in [-0.15, -0.1) is 0 Å². The first-order valence-corrected chi connectivity index (χ1v) is 7.63. The van der Waals surface area contributed by atoms with Gasteiger partial charge in [0, 0.05) is 16.1 Å². The van der Waals surface area contributed by atoms with Gasteiger partial charge in [0.1, 0.15) is 0 Å². The van der Waals surface area contributed by atoms with Gasteiger partial charge >= 0.3 is 0 Å². The van der Waals surface area contributed by atoms with Crippen LogP contribution in [0.15, 0.2) is 18.2 Å². The molecule has 0 saturated carbocycles. The van der Waals surface area contributed by atoms with Crippen molar-refractivity contribution in [1.82, 2.24) is 5.32 Å². The number of hydrogen-bond donors (Lipinski definition) is 1. The summed E-state index contributed by atoms with van der Waals surface area (Å²) in [4.78, 5) is 0. The number of benzene rings is 1. The van der Waals surface area contributed by atoms with Crippen LogP contribution < -0.4 is 5.32 Å². The van der Waals surface area contributed by atoms with E-state index >= 15 is 0 Å². The second-order valence-electron chi connectivity index (χ2n) is 5.37. The Morgan fingerprint density at radius 2 is 1.89 bits per heavy atom. The number of rotatable bonds is 4. The highest BCUT2D eigenvalue weighted by molar-refractivity contribution is 6.35. The molecule has 2 rings (SSSR count). The lowest BCUT2D eigenvalue weighted by molar-refractivity contribution is -0.0419. The first kappa shape index (κ1) is 15.1. The summed E-state index contributed by atoms with van der Waals surface area (Å²) in [6, 6.07) is 6.24. The van der Waals surface area contributed by atoms with Crippen molar-refractivity contribution in [3.05, 3.63) is 33.8 Å². The molecule has 1 saturated heterocycles. The average Bonchev–Trinajstić information content (AvgIpc) is 2.30. The van der Waals surface area contributed by atoms with Crippen molar-refractivity contribution in [1.29, 1.82) is 0 Å². The molecular formula is C15H21Cl2NO. The van der Waals surface area contributed by atoms with Crippen LogP contribution in [0.25, 0.3) is 0 Å². The van der Waals surface area contributed by atoms with Crippen LogP contribution in [0.2, 0.25) is 10.0 Å². The molecule has 1 aromatic carbocycles. The van der Waals surface area contributed by atoms with E-state index in [9.17, 15) is 0 Å². The molecule has 1 heterocycles. The van der Waals surface area contributed by atoms with Crippen LogP contribution in [0, 0.1) is 0 Å². The molecule has 0 bridgehead atoms. The van der Waals surface area contributed by atoms with Crippen molar-refractivity contribution < 1.29 is 4.74 Å². The smallest absolute Gasteiger partial charge is 0.0565 e. The van der Waals surface area contributed by atoms with Crippen molar-refractivity contribution in [2.45, 2.75) is 51.4 Å². The summed E-state index contributed by atoms with van der Waals surface area (Å²) in [6.45, 7) is 5.21. The molecule has 1 aromatic rings. The van der Waals surface area contributed by atoms with Crippen LogP contribution in [0.5, 0.6) is 0 Å². The quantitative estimate of drug-likeness (QED) is 0.905. The third kappa shape index (κ3) is 4.64. The molecule has 1 fully saturated rings. The first-order valence-electron chi connectivity index (χ1n) is 6.87. The molecule has 0 radical (unpaired) electrons. The highest BCUT2D eigenvalue weighted by Gasteiger charge is 2.23. The molecular weight excluding hydrogens is 281 g/mol. The molecule has 0 aliphatic carbocycles. The Labute approximate surface area is 125 Å². The van der Waals surface area contributed by atoms with Gasteiger partial charge in [0.15, 0.2) is 0 Å². The van der Waals surface area contributed by atoms with Crippen molar-refractivity contribution in [3.8, 4) is 0 Å². The maximum absolute atomic E-state index is 6.17. The standard InChI is InChI=1S/C15H21Cl2NO/c1-10-7-14(8-11(2)19-10)18-6-5-12-3-4-13(16)9-15(12)17/h3-4,9-11,14,18H,5-8H2,1-2H3. The van der Waals surface area contributed by atoms with Crippen LogP contribution in [0.1, 0.15) is 32.3 Å².